The second-order valence-corrected chi connectivity index (χ2v) is 6.61. The molecule has 0 amide bonds. The van der Waals surface area contributed by atoms with Crippen molar-refractivity contribution < 1.29 is 8.60 Å². The van der Waals surface area contributed by atoms with E-state index < -0.39 is 10.8 Å². The Balaban J connectivity index is 2.95. The van der Waals surface area contributed by atoms with Gasteiger partial charge in [0.1, 0.15) is 5.82 Å². The second-order valence-electron chi connectivity index (χ2n) is 4.41. The smallest absolute Gasteiger partial charge is 0.129 e. The number of hydrogen-bond acceptors (Lipinski definition) is 2. The third kappa shape index (κ3) is 3.02. The Bertz CT molecular complexity index is 364. The Morgan fingerprint density at radius 3 is 2.47 bits per heavy atom. The Morgan fingerprint density at radius 2 is 2.00 bits per heavy atom. The van der Waals surface area contributed by atoms with Crippen LogP contribution in [-0.2, 0) is 16.6 Å². The van der Waals surface area contributed by atoms with Crippen LogP contribution in [-0.4, -0.2) is 8.96 Å². The van der Waals surface area contributed by atoms with Gasteiger partial charge in [-0.1, -0.05) is 6.07 Å². The van der Waals surface area contributed by atoms with E-state index in [2.05, 4.69) is 0 Å². The van der Waals surface area contributed by atoms with Gasteiger partial charge in [0, 0.05) is 26.8 Å². The molecule has 0 fully saturated rings. The maximum Gasteiger partial charge on any atom is 0.129 e. The summed E-state index contributed by atoms with van der Waals surface area (Å²) in [6.45, 7) is 5.58. The number of hydrogen-bond donors (Lipinski definition) is 1. The van der Waals surface area contributed by atoms with Crippen molar-refractivity contribution in [3.63, 3.8) is 0 Å². The largest absolute Gasteiger partial charge is 0.398 e. The highest BCUT2D eigenvalue weighted by atomic mass is 32.2. The molecule has 0 saturated carbocycles. The summed E-state index contributed by atoms with van der Waals surface area (Å²) >= 11 is 0. The van der Waals surface area contributed by atoms with Crippen molar-refractivity contribution in [1.29, 1.82) is 0 Å². The fourth-order valence-corrected chi connectivity index (χ4v) is 2.07. The molecule has 0 spiro atoms. The van der Waals surface area contributed by atoms with Crippen molar-refractivity contribution in [3.8, 4) is 0 Å². The van der Waals surface area contributed by atoms with Gasteiger partial charge in [0.25, 0.3) is 0 Å². The standard InChI is InChI=1S/C11H16FNOS/c1-11(2,3)15(14)7-8-9(12)5-4-6-10(8)13/h4-6H,7,13H2,1-3H3. The highest BCUT2D eigenvalue weighted by Crippen LogP contribution is 2.22. The van der Waals surface area contributed by atoms with Gasteiger partial charge in [0.15, 0.2) is 0 Å². The molecule has 15 heavy (non-hydrogen) atoms. The molecule has 0 radical (unpaired) electrons. The van der Waals surface area contributed by atoms with E-state index >= 15 is 0 Å². The summed E-state index contributed by atoms with van der Waals surface area (Å²) in [5.74, 6) is -0.213. The Labute approximate surface area is 92.1 Å². The summed E-state index contributed by atoms with van der Waals surface area (Å²) in [5, 5.41) is 0. The molecule has 0 aliphatic rings. The first-order valence-electron chi connectivity index (χ1n) is 4.73. The first-order chi connectivity index (χ1) is 6.82. The summed E-state index contributed by atoms with van der Waals surface area (Å²) in [5.41, 5.74) is 6.36. The van der Waals surface area contributed by atoms with Gasteiger partial charge in [0.2, 0.25) is 0 Å². The zero-order valence-electron chi connectivity index (χ0n) is 9.21. The van der Waals surface area contributed by atoms with Crippen molar-refractivity contribution in [2.24, 2.45) is 0 Å². The molecule has 4 heteroatoms. The molecule has 84 valence electrons. The summed E-state index contributed by atoms with van der Waals surface area (Å²) in [6.07, 6.45) is 0. The van der Waals surface area contributed by atoms with Gasteiger partial charge < -0.3 is 5.73 Å². The van der Waals surface area contributed by atoms with Gasteiger partial charge in [-0.15, -0.1) is 0 Å². The molecule has 0 aromatic heterocycles. The van der Waals surface area contributed by atoms with E-state index in [1.165, 1.54) is 6.07 Å². The number of rotatable bonds is 2. The van der Waals surface area contributed by atoms with E-state index in [0.29, 0.717) is 11.3 Å². The second kappa shape index (κ2) is 4.31. The van der Waals surface area contributed by atoms with Crippen LogP contribution >= 0.6 is 0 Å². The number of nitrogens with two attached hydrogens (primary N) is 1. The van der Waals surface area contributed by atoms with Crippen LogP contribution in [0.3, 0.4) is 0 Å². The van der Waals surface area contributed by atoms with E-state index in [0.717, 1.165) is 0 Å². The van der Waals surface area contributed by atoms with Crippen LogP contribution in [0.25, 0.3) is 0 Å². The molecule has 1 atom stereocenters. The molecule has 1 aromatic carbocycles. The van der Waals surface area contributed by atoms with E-state index in [9.17, 15) is 8.60 Å². The lowest BCUT2D eigenvalue weighted by atomic mass is 10.2. The van der Waals surface area contributed by atoms with Gasteiger partial charge in [-0.2, -0.15) is 0 Å². The molecule has 1 unspecified atom stereocenters. The predicted octanol–water partition coefficient (Wildman–Crippen LogP) is 2.46. The lowest BCUT2D eigenvalue weighted by Crippen LogP contribution is -2.23. The molecule has 0 heterocycles. The van der Waals surface area contributed by atoms with Gasteiger partial charge in [0.05, 0.1) is 5.75 Å². The Hall–Kier alpha value is -0.900. The minimum absolute atomic E-state index is 0.169. The van der Waals surface area contributed by atoms with Crippen molar-refractivity contribution in [3.05, 3.63) is 29.6 Å². The SMILES string of the molecule is CC(C)(C)S(=O)Cc1c(N)cccc1F. The van der Waals surface area contributed by atoms with E-state index in [-0.39, 0.29) is 16.3 Å². The average Bonchev–Trinajstić information content (AvgIpc) is 2.09. The van der Waals surface area contributed by atoms with Crippen molar-refractivity contribution in [2.75, 3.05) is 5.73 Å². The molecule has 1 aromatic rings. The van der Waals surface area contributed by atoms with Crippen LogP contribution in [0.1, 0.15) is 26.3 Å². The number of nitrogen functional groups attached to an aromatic ring is 1. The van der Waals surface area contributed by atoms with Gasteiger partial charge in [-0.05, 0) is 32.9 Å². The van der Waals surface area contributed by atoms with Gasteiger partial charge in [-0.3, -0.25) is 4.21 Å². The highest BCUT2D eigenvalue weighted by molar-refractivity contribution is 7.85. The van der Waals surface area contributed by atoms with E-state index in [1.54, 1.807) is 12.1 Å². The summed E-state index contributed by atoms with van der Waals surface area (Å²) < 4.78 is 24.9. The fourth-order valence-electron chi connectivity index (χ4n) is 1.08. The summed E-state index contributed by atoms with van der Waals surface area (Å²) in [4.78, 5) is 0. The van der Waals surface area contributed by atoms with Crippen molar-refractivity contribution in [2.45, 2.75) is 31.3 Å². The molecule has 1 rings (SSSR count). The molecule has 0 aliphatic carbocycles. The molecule has 2 N–H and O–H groups in total. The highest BCUT2D eigenvalue weighted by Gasteiger charge is 2.21. The zero-order chi connectivity index (χ0) is 11.6. The zero-order valence-corrected chi connectivity index (χ0v) is 10.0. The maximum absolute atomic E-state index is 13.4. The van der Waals surface area contributed by atoms with Gasteiger partial charge in [-0.25, -0.2) is 4.39 Å². The number of benzene rings is 1. The van der Waals surface area contributed by atoms with E-state index in [1.807, 2.05) is 20.8 Å². The first kappa shape index (κ1) is 12.2. The predicted molar refractivity (Wildman–Crippen MR) is 62.4 cm³/mol. The summed E-state index contributed by atoms with van der Waals surface area (Å²) in [6, 6.07) is 4.51. The third-order valence-electron chi connectivity index (χ3n) is 2.11. The minimum atomic E-state index is -1.13. The Kier molecular flexibility index (Phi) is 3.50. The lowest BCUT2D eigenvalue weighted by molar-refractivity contribution is 0.613. The maximum atomic E-state index is 13.4. The van der Waals surface area contributed by atoms with Crippen LogP contribution in [0, 0.1) is 5.82 Å². The van der Waals surface area contributed by atoms with E-state index in [4.69, 9.17) is 5.73 Å². The number of anilines is 1. The summed E-state index contributed by atoms with van der Waals surface area (Å²) in [7, 11) is -1.13. The average molecular weight is 229 g/mol. The quantitative estimate of drug-likeness (QED) is 0.792. The fraction of sp³-hybridized carbons (Fsp3) is 0.455. The van der Waals surface area contributed by atoms with Gasteiger partial charge >= 0.3 is 0 Å². The minimum Gasteiger partial charge on any atom is -0.398 e. The lowest BCUT2D eigenvalue weighted by Gasteiger charge is -2.18. The molecule has 0 bridgehead atoms. The van der Waals surface area contributed by atoms with Crippen LogP contribution in [0.2, 0.25) is 0 Å². The van der Waals surface area contributed by atoms with Crippen LogP contribution < -0.4 is 5.73 Å². The van der Waals surface area contributed by atoms with Crippen LogP contribution in [0.4, 0.5) is 10.1 Å². The van der Waals surface area contributed by atoms with Crippen LogP contribution in [0.5, 0.6) is 0 Å². The normalized spacial score (nSPS) is 13.9. The topological polar surface area (TPSA) is 43.1 Å². The third-order valence-corrected chi connectivity index (χ3v) is 4.03. The molecular formula is C11H16FNOS. The molecule has 0 aliphatic heterocycles. The molecular weight excluding hydrogens is 213 g/mol. The molecule has 0 saturated heterocycles. The van der Waals surface area contributed by atoms with Crippen LogP contribution in [0.15, 0.2) is 18.2 Å². The van der Waals surface area contributed by atoms with Crippen molar-refractivity contribution >= 4 is 16.5 Å². The Morgan fingerprint density at radius 1 is 1.40 bits per heavy atom. The molecule has 2 nitrogen and oxygen atoms in total. The first-order valence-corrected chi connectivity index (χ1v) is 6.05. The number of halogens is 1. The van der Waals surface area contributed by atoms with Crippen molar-refractivity contribution in [1.82, 2.24) is 0 Å². The monoisotopic (exact) mass is 229 g/mol.